The van der Waals surface area contributed by atoms with Gasteiger partial charge in [-0.15, -0.1) is 0 Å². The number of nitrogens with zero attached hydrogens (tertiary/aromatic N) is 2. The van der Waals surface area contributed by atoms with Crippen molar-refractivity contribution >= 4 is 11.4 Å². The number of rotatable bonds is 2. The average molecular weight is 240 g/mol. The molecule has 0 fully saturated rings. The lowest BCUT2D eigenvalue weighted by Gasteiger charge is -2.24. The monoisotopic (exact) mass is 240 g/mol. The van der Waals surface area contributed by atoms with E-state index in [2.05, 4.69) is 5.16 Å². The number of oxime groups is 1. The van der Waals surface area contributed by atoms with Crippen molar-refractivity contribution in [2.24, 2.45) is 5.16 Å². The molecule has 92 valence electrons. The minimum atomic E-state index is -2.37. The summed E-state index contributed by atoms with van der Waals surface area (Å²) in [5.41, 5.74) is 2.03. The van der Waals surface area contributed by atoms with Crippen LogP contribution in [0.3, 0.4) is 0 Å². The van der Waals surface area contributed by atoms with Gasteiger partial charge >= 0.3 is 0 Å². The minimum Gasteiger partial charge on any atom is -0.411 e. The van der Waals surface area contributed by atoms with Gasteiger partial charge in [0.05, 0.1) is 12.3 Å². The standard InChI is InChI=1S/C12H14F2N2O/c13-12(14)8-16-7-3-5-10(15-17)9-4-1-2-6-11(9)16/h1-2,4,6,12,17H,3,5,7-8H2/b15-10-. The van der Waals surface area contributed by atoms with Crippen molar-refractivity contribution in [3.63, 3.8) is 0 Å². The van der Waals surface area contributed by atoms with Crippen LogP contribution in [0.5, 0.6) is 0 Å². The van der Waals surface area contributed by atoms with Gasteiger partial charge in [-0.25, -0.2) is 8.78 Å². The first kappa shape index (κ1) is 11.8. The first-order chi connectivity index (χ1) is 8.22. The summed E-state index contributed by atoms with van der Waals surface area (Å²) in [5, 5.41) is 12.2. The van der Waals surface area contributed by atoms with Crippen molar-refractivity contribution in [3.05, 3.63) is 29.8 Å². The number of para-hydroxylation sites is 1. The molecule has 1 aromatic rings. The summed E-state index contributed by atoms with van der Waals surface area (Å²) >= 11 is 0. The molecule has 0 saturated carbocycles. The molecule has 0 spiro atoms. The van der Waals surface area contributed by atoms with E-state index in [4.69, 9.17) is 5.21 Å². The van der Waals surface area contributed by atoms with Gasteiger partial charge in [-0.3, -0.25) is 0 Å². The maximum atomic E-state index is 12.5. The van der Waals surface area contributed by atoms with Crippen molar-refractivity contribution in [1.82, 2.24) is 0 Å². The highest BCUT2D eigenvalue weighted by Crippen LogP contribution is 2.26. The molecule has 0 aromatic heterocycles. The number of fused-ring (bicyclic) bond motifs is 1. The van der Waals surface area contributed by atoms with Gasteiger partial charge in [0.2, 0.25) is 0 Å². The van der Waals surface area contributed by atoms with Crippen LogP contribution >= 0.6 is 0 Å². The summed E-state index contributed by atoms with van der Waals surface area (Å²) in [4.78, 5) is 1.65. The van der Waals surface area contributed by atoms with Gasteiger partial charge in [-0.1, -0.05) is 23.4 Å². The molecule has 1 aromatic carbocycles. The Hall–Kier alpha value is -1.65. The molecule has 1 N–H and O–H groups in total. The zero-order valence-electron chi connectivity index (χ0n) is 9.31. The van der Waals surface area contributed by atoms with Gasteiger partial charge in [0.25, 0.3) is 6.43 Å². The number of hydrogen-bond acceptors (Lipinski definition) is 3. The smallest absolute Gasteiger partial charge is 0.255 e. The fourth-order valence-corrected chi connectivity index (χ4v) is 2.15. The molecule has 1 aliphatic heterocycles. The number of halogens is 2. The molecule has 0 atom stereocenters. The zero-order valence-corrected chi connectivity index (χ0v) is 9.31. The predicted octanol–water partition coefficient (Wildman–Crippen LogP) is 2.73. The molecule has 0 amide bonds. The van der Waals surface area contributed by atoms with E-state index in [1.807, 2.05) is 6.07 Å². The summed E-state index contributed by atoms with van der Waals surface area (Å²) in [7, 11) is 0. The van der Waals surface area contributed by atoms with Gasteiger partial charge < -0.3 is 10.1 Å². The molecular formula is C12H14F2N2O. The molecule has 0 unspecified atom stereocenters. The van der Waals surface area contributed by atoms with Gasteiger partial charge in [-0.05, 0) is 18.9 Å². The van der Waals surface area contributed by atoms with Crippen LogP contribution in [0, 0.1) is 0 Å². The van der Waals surface area contributed by atoms with Crippen LogP contribution in [0.2, 0.25) is 0 Å². The van der Waals surface area contributed by atoms with E-state index in [9.17, 15) is 8.78 Å². The SMILES string of the molecule is O/N=C1/CCCN(CC(F)F)c2ccccc21. The van der Waals surface area contributed by atoms with Crippen molar-refractivity contribution in [1.29, 1.82) is 0 Å². The van der Waals surface area contributed by atoms with Crippen molar-refractivity contribution < 1.29 is 14.0 Å². The first-order valence-corrected chi connectivity index (χ1v) is 5.56. The normalized spacial score (nSPS) is 18.3. The van der Waals surface area contributed by atoms with Crippen LogP contribution in [0.4, 0.5) is 14.5 Å². The first-order valence-electron chi connectivity index (χ1n) is 5.56. The van der Waals surface area contributed by atoms with E-state index in [-0.39, 0.29) is 6.54 Å². The second kappa shape index (κ2) is 5.12. The van der Waals surface area contributed by atoms with E-state index in [0.29, 0.717) is 25.1 Å². The molecule has 0 aliphatic carbocycles. The highest BCUT2D eigenvalue weighted by atomic mass is 19.3. The Kier molecular flexibility index (Phi) is 3.56. The summed E-state index contributed by atoms with van der Waals surface area (Å²) in [6, 6.07) is 7.20. The summed E-state index contributed by atoms with van der Waals surface area (Å²) in [5.74, 6) is 0. The number of anilines is 1. The Bertz CT molecular complexity index is 421. The third-order valence-electron chi connectivity index (χ3n) is 2.88. The van der Waals surface area contributed by atoms with E-state index >= 15 is 0 Å². The predicted molar refractivity (Wildman–Crippen MR) is 62.2 cm³/mol. The summed E-state index contributed by atoms with van der Waals surface area (Å²) in [6.45, 7) is 0.274. The average Bonchev–Trinajstić information content (AvgIpc) is 2.49. The second-order valence-corrected chi connectivity index (χ2v) is 4.00. The lowest BCUT2D eigenvalue weighted by Crippen LogP contribution is -2.29. The Morgan fingerprint density at radius 1 is 1.35 bits per heavy atom. The minimum absolute atomic E-state index is 0.282. The lowest BCUT2D eigenvalue weighted by atomic mass is 10.1. The van der Waals surface area contributed by atoms with E-state index in [1.54, 1.807) is 23.1 Å². The molecule has 17 heavy (non-hydrogen) atoms. The van der Waals surface area contributed by atoms with Crippen LogP contribution in [0.25, 0.3) is 0 Å². The molecular weight excluding hydrogens is 226 g/mol. The Labute approximate surface area is 98.3 Å². The fraction of sp³-hybridized carbons (Fsp3) is 0.417. The van der Waals surface area contributed by atoms with Crippen molar-refractivity contribution in [2.45, 2.75) is 19.3 Å². The van der Waals surface area contributed by atoms with Crippen LogP contribution in [0.1, 0.15) is 18.4 Å². The van der Waals surface area contributed by atoms with Crippen molar-refractivity contribution in [3.8, 4) is 0 Å². The molecule has 3 nitrogen and oxygen atoms in total. The zero-order chi connectivity index (χ0) is 12.3. The van der Waals surface area contributed by atoms with Gasteiger partial charge in [0, 0.05) is 17.8 Å². The number of hydrogen-bond donors (Lipinski definition) is 1. The Morgan fingerprint density at radius 2 is 2.12 bits per heavy atom. The quantitative estimate of drug-likeness (QED) is 0.637. The van der Waals surface area contributed by atoms with Crippen LogP contribution < -0.4 is 4.90 Å². The molecule has 0 saturated heterocycles. The number of alkyl halides is 2. The van der Waals surface area contributed by atoms with Gasteiger partial charge in [0.1, 0.15) is 0 Å². The van der Waals surface area contributed by atoms with E-state index < -0.39 is 6.43 Å². The van der Waals surface area contributed by atoms with Crippen LogP contribution in [0.15, 0.2) is 29.4 Å². The maximum absolute atomic E-state index is 12.5. The molecule has 5 heteroatoms. The molecule has 2 rings (SSSR count). The Balaban J connectivity index is 2.39. The molecule has 1 heterocycles. The van der Waals surface area contributed by atoms with Crippen LogP contribution in [-0.2, 0) is 0 Å². The third-order valence-corrected chi connectivity index (χ3v) is 2.88. The summed E-state index contributed by atoms with van der Waals surface area (Å²) in [6.07, 6.45) is -1.05. The lowest BCUT2D eigenvalue weighted by molar-refractivity contribution is 0.155. The highest BCUT2D eigenvalue weighted by Gasteiger charge is 2.21. The largest absolute Gasteiger partial charge is 0.411 e. The Morgan fingerprint density at radius 3 is 2.82 bits per heavy atom. The second-order valence-electron chi connectivity index (χ2n) is 4.00. The van der Waals surface area contributed by atoms with Gasteiger partial charge in [-0.2, -0.15) is 0 Å². The summed E-state index contributed by atoms with van der Waals surface area (Å²) < 4.78 is 25.0. The van der Waals surface area contributed by atoms with Gasteiger partial charge in [0.15, 0.2) is 0 Å². The highest BCUT2D eigenvalue weighted by molar-refractivity contribution is 6.05. The fourth-order valence-electron chi connectivity index (χ4n) is 2.15. The molecule has 0 bridgehead atoms. The van der Waals surface area contributed by atoms with E-state index in [1.165, 1.54) is 0 Å². The van der Waals surface area contributed by atoms with Crippen molar-refractivity contribution in [2.75, 3.05) is 18.0 Å². The van der Waals surface area contributed by atoms with E-state index in [0.717, 1.165) is 11.3 Å². The van der Waals surface area contributed by atoms with Crippen LogP contribution in [-0.4, -0.2) is 30.4 Å². The third kappa shape index (κ3) is 2.54. The molecule has 1 aliphatic rings. The molecule has 0 radical (unpaired) electrons. The number of benzene rings is 1. The maximum Gasteiger partial charge on any atom is 0.255 e. The topological polar surface area (TPSA) is 35.8 Å².